The number of nitrogens with zero attached hydrogens (tertiary/aromatic N) is 1. The average molecular weight is 493 g/mol. The number of thiazole rings is 1. The molecule has 2 aromatic carbocycles. The number of carbonyl (C=O) groups is 1. The quantitative estimate of drug-likeness (QED) is 0.436. The minimum absolute atomic E-state index is 0.0270. The normalized spacial score (nSPS) is 11.7. The highest BCUT2D eigenvalue weighted by atomic mass is 35.5. The fourth-order valence-corrected chi connectivity index (χ4v) is 5.40. The van der Waals surface area contributed by atoms with Crippen LogP contribution in [0.3, 0.4) is 0 Å². The van der Waals surface area contributed by atoms with Crippen molar-refractivity contribution in [1.82, 2.24) is 9.71 Å². The molecule has 1 N–H and O–H groups in total. The standard InChI is InChI=1S/C23H25ClN2O4S2/c1-14(2)19-10-9-18(13-20(19)23(27)30-4)32(28,29)25-12-11-21-15(3)31-22(26-21)16-5-7-17(24)8-6-16/h5-10,13-14,25H,11-12H2,1-4H3. The molecule has 3 rings (SSSR count). The maximum atomic E-state index is 12.8. The smallest absolute Gasteiger partial charge is 0.338 e. The lowest BCUT2D eigenvalue weighted by Crippen LogP contribution is -2.26. The van der Waals surface area contributed by atoms with Gasteiger partial charge in [-0.2, -0.15) is 0 Å². The van der Waals surface area contributed by atoms with Gasteiger partial charge < -0.3 is 4.74 Å². The molecule has 1 aromatic heterocycles. The van der Waals surface area contributed by atoms with Gasteiger partial charge in [0.2, 0.25) is 10.0 Å². The van der Waals surface area contributed by atoms with Crippen LogP contribution in [0.25, 0.3) is 10.6 Å². The summed E-state index contributed by atoms with van der Waals surface area (Å²) in [5.41, 5.74) is 2.81. The summed E-state index contributed by atoms with van der Waals surface area (Å²) in [6.07, 6.45) is 0.448. The summed E-state index contributed by atoms with van der Waals surface area (Å²) in [5.74, 6) is -0.505. The Bertz CT molecular complexity index is 1220. The molecule has 0 unspecified atom stereocenters. The number of halogens is 1. The van der Waals surface area contributed by atoms with E-state index in [9.17, 15) is 13.2 Å². The predicted molar refractivity (Wildman–Crippen MR) is 128 cm³/mol. The van der Waals surface area contributed by atoms with Crippen LogP contribution in [0, 0.1) is 6.92 Å². The van der Waals surface area contributed by atoms with Crippen molar-refractivity contribution in [2.45, 2.75) is 38.0 Å². The zero-order chi connectivity index (χ0) is 23.5. The molecule has 0 bridgehead atoms. The number of esters is 1. The number of aromatic nitrogens is 1. The van der Waals surface area contributed by atoms with Crippen LogP contribution in [0.2, 0.25) is 5.02 Å². The molecule has 170 valence electrons. The third-order valence-electron chi connectivity index (χ3n) is 5.00. The van der Waals surface area contributed by atoms with Crippen molar-refractivity contribution in [3.05, 3.63) is 69.2 Å². The molecule has 0 radical (unpaired) electrons. The Morgan fingerprint density at radius 1 is 1.19 bits per heavy atom. The van der Waals surface area contributed by atoms with Gasteiger partial charge in [0.15, 0.2) is 0 Å². The van der Waals surface area contributed by atoms with E-state index < -0.39 is 16.0 Å². The third kappa shape index (κ3) is 5.56. The predicted octanol–water partition coefficient (Wildman–Crippen LogP) is 5.20. The van der Waals surface area contributed by atoms with E-state index in [4.69, 9.17) is 16.3 Å². The van der Waals surface area contributed by atoms with Crippen molar-refractivity contribution in [3.8, 4) is 10.6 Å². The Balaban J connectivity index is 1.73. The third-order valence-corrected chi connectivity index (χ3v) is 7.77. The number of hydrogen-bond acceptors (Lipinski definition) is 6. The van der Waals surface area contributed by atoms with E-state index in [0.717, 1.165) is 26.7 Å². The first kappa shape index (κ1) is 24.4. The molecule has 0 saturated carbocycles. The topological polar surface area (TPSA) is 85.4 Å². The van der Waals surface area contributed by atoms with Crippen LogP contribution in [-0.4, -0.2) is 33.0 Å². The molecule has 3 aromatic rings. The minimum atomic E-state index is -3.80. The largest absolute Gasteiger partial charge is 0.465 e. The number of sulfonamides is 1. The van der Waals surface area contributed by atoms with Crippen LogP contribution in [0.4, 0.5) is 0 Å². The maximum Gasteiger partial charge on any atom is 0.338 e. The van der Waals surface area contributed by atoms with E-state index in [0.29, 0.717) is 11.4 Å². The second-order valence-corrected chi connectivity index (χ2v) is 11.0. The summed E-state index contributed by atoms with van der Waals surface area (Å²) in [4.78, 5) is 17.9. The molecule has 0 saturated heterocycles. The van der Waals surface area contributed by atoms with Gasteiger partial charge in [0.1, 0.15) is 5.01 Å². The highest BCUT2D eigenvalue weighted by molar-refractivity contribution is 7.89. The van der Waals surface area contributed by atoms with Crippen molar-refractivity contribution in [2.75, 3.05) is 13.7 Å². The molecule has 0 atom stereocenters. The summed E-state index contributed by atoms with van der Waals surface area (Å²) >= 11 is 7.51. The van der Waals surface area contributed by atoms with Gasteiger partial charge in [0, 0.05) is 28.4 Å². The van der Waals surface area contributed by atoms with Gasteiger partial charge in [-0.25, -0.2) is 22.9 Å². The number of rotatable bonds is 8. The lowest BCUT2D eigenvalue weighted by atomic mass is 9.97. The highest BCUT2D eigenvalue weighted by Gasteiger charge is 2.21. The van der Waals surface area contributed by atoms with Gasteiger partial charge in [0.25, 0.3) is 0 Å². The summed E-state index contributed by atoms with van der Waals surface area (Å²) in [5, 5.41) is 1.53. The zero-order valence-corrected chi connectivity index (χ0v) is 20.7. The van der Waals surface area contributed by atoms with Crippen molar-refractivity contribution < 1.29 is 17.9 Å². The van der Waals surface area contributed by atoms with Crippen molar-refractivity contribution in [1.29, 1.82) is 0 Å². The Morgan fingerprint density at radius 3 is 2.50 bits per heavy atom. The molecule has 6 nitrogen and oxygen atoms in total. The summed E-state index contributed by atoms with van der Waals surface area (Å²) in [6, 6.07) is 12.0. The Hall–Kier alpha value is -2.26. The van der Waals surface area contributed by atoms with Gasteiger partial charge in [-0.1, -0.05) is 43.6 Å². The highest BCUT2D eigenvalue weighted by Crippen LogP contribution is 2.29. The van der Waals surface area contributed by atoms with Crippen LogP contribution in [0.15, 0.2) is 47.4 Å². The van der Waals surface area contributed by atoms with Crippen LogP contribution < -0.4 is 4.72 Å². The number of ether oxygens (including phenoxy) is 1. The number of benzene rings is 2. The SMILES string of the molecule is COC(=O)c1cc(S(=O)(=O)NCCc2nc(-c3ccc(Cl)cc3)sc2C)ccc1C(C)C. The van der Waals surface area contributed by atoms with E-state index in [-0.39, 0.29) is 22.9 Å². The lowest BCUT2D eigenvalue weighted by Gasteiger charge is -2.13. The molecule has 0 aliphatic heterocycles. The van der Waals surface area contributed by atoms with Crippen molar-refractivity contribution in [2.24, 2.45) is 0 Å². The molecule has 1 heterocycles. The van der Waals surface area contributed by atoms with Gasteiger partial charge in [-0.15, -0.1) is 11.3 Å². The van der Waals surface area contributed by atoms with Crippen LogP contribution in [-0.2, 0) is 21.2 Å². The Labute approximate surface area is 197 Å². The summed E-state index contributed by atoms with van der Waals surface area (Å²) in [6.45, 7) is 6.02. The van der Waals surface area contributed by atoms with E-state index in [1.807, 2.05) is 45.0 Å². The fourth-order valence-electron chi connectivity index (χ4n) is 3.26. The molecule has 0 spiro atoms. The molecule has 0 aliphatic carbocycles. The molecular formula is C23H25ClN2O4S2. The second-order valence-electron chi connectivity index (χ2n) is 7.57. The molecular weight excluding hydrogens is 468 g/mol. The van der Waals surface area contributed by atoms with Crippen LogP contribution in [0.5, 0.6) is 0 Å². The van der Waals surface area contributed by atoms with Crippen LogP contribution >= 0.6 is 22.9 Å². The first-order valence-corrected chi connectivity index (χ1v) is 12.7. The van der Waals surface area contributed by atoms with E-state index in [1.165, 1.54) is 19.2 Å². The van der Waals surface area contributed by atoms with Crippen molar-refractivity contribution >= 4 is 38.9 Å². The lowest BCUT2D eigenvalue weighted by molar-refractivity contribution is 0.0598. The fraction of sp³-hybridized carbons (Fsp3) is 0.304. The number of aryl methyl sites for hydroxylation is 1. The molecule has 0 amide bonds. The Morgan fingerprint density at radius 2 is 1.88 bits per heavy atom. The molecule has 9 heteroatoms. The van der Waals surface area contributed by atoms with Gasteiger partial charge in [-0.05, 0) is 42.7 Å². The zero-order valence-electron chi connectivity index (χ0n) is 18.3. The Kier molecular flexibility index (Phi) is 7.71. The van der Waals surface area contributed by atoms with E-state index >= 15 is 0 Å². The van der Waals surface area contributed by atoms with E-state index in [1.54, 1.807) is 17.4 Å². The maximum absolute atomic E-state index is 12.8. The minimum Gasteiger partial charge on any atom is -0.465 e. The molecule has 32 heavy (non-hydrogen) atoms. The first-order valence-electron chi connectivity index (χ1n) is 10.1. The average Bonchev–Trinajstić information content (AvgIpc) is 3.13. The number of methoxy groups -OCH3 is 1. The summed E-state index contributed by atoms with van der Waals surface area (Å²) in [7, 11) is -2.52. The van der Waals surface area contributed by atoms with Crippen molar-refractivity contribution in [3.63, 3.8) is 0 Å². The molecule has 0 fully saturated rings. The number of hydrogen-bond donors (Lipinski definition) is 1. The van der Waals surface area contributed by atoms with Gasteiger partial charge in [0.05, 0.1) is 23.3 Å². The number of carbonyl (C=O) groups excluding carboxylic acids is 1. The van der Waals surface area contributed by atoms with Gasteiger partial charge >= 0.3 is 5.97 Å². The number of nitrogens with one attached hydrogen (secondary N) is 1. The van der Waals surface area contributed by atoms with Gasteiger partial charge in [-0.3, -0.25) is 0 Å². The second kappa shape index (κ2) is 10.1. The van der Waals surface area contributed by atoms with E-state index in [2.05, 4.69) is 9.71 Å². The summed E-state index contributed by atoms with van der Waals surface area (Å²) < 4.78 is 33.1. The monoisotopic (exact) mass is 492 g/mol. The van der Waals surface area contributed by atoms with Crippen LogP contribution in [0.1, 0.15) is 46.3 Å². The first-order chi connectivity index (χ1) is 15.1. The molecule has 0 aliphatic rings.